The number of hydrogen-bond acceptors (Lipinski definition) is 3. The summed E-state index contributed by atoms with van der Waals surface area (Å²) in [6.07, 6.45) is 2.13. The van der Waals surface area contributed by atoms with Crippen molar-refractivity contribution in [2.75, 3.05) is 0 Å². The summed E-state index contributed by atoms with van der Waals surface area (Å²) in [6.45, 7) is 1.92. The zero-order valence-electron chi connectivity index (χ0n) is 9.76. The van der Waals surface area contributed by atoms with E-state index in [2.05, 4.69) is 6.07 Å². The van der Waals surface area contributed by atoms with Crippen LogP contribution in [-0.2, 0) is 9.84 Å². The lowest BCUT2D eigenvalue weighted by Gasteiger charge is -2.14. The third-order valence-corrected chi connectivity index (χ3v) is 5.66. The van der Waals surface area contributed by atoms with Crippen molar-refractivity contribution in [2.24, 2.45) is 5.92 Å². The van der Waals surface area contributed by atoms with Gasteiger partial charge in [0, 0.05) is 0 Å². The Hall–Kier alpha value is -1.34. The summed E-state index contributed by atoms with van der Waals surface area (Å²) in [5.74, 6) is -0.346. The maximum Gasteiger partial charge on any atom is 0.182 e. The normalized spacial score (nSPS) is 24.5. The Labute approximate surface area is 102 Å². The van der Waals surface area contributed by atoms with Crippen LogP contribution in [0.2, 0.25) is 0 Å². The van der Waals surface area contributed by atoms with Gasteiger partial charge in [-0.3, -0.25) is 0 Å². The lowest BCUT2D eigenvalue weighted by molar-refractivity contribution is 0.565. The van der Waals surface area contributed by atoms with Crippen molar-refractivity contribution in [2.45, 2.75) is 36.3 Å². The van der Waals surface area contributed by atoms with E-state index in [0.29, 0.717) is 17.7 Å². The van der Waals surface area contributed by atoms with Crippen LogP contribution in [0, 0.1) is 24.2 Å². The Bertz CT molecular complexity index is 540. The van der Waals surface area contributed by atoms with Gasteiger partial charge >= 0.3 is 0 Å². The first-order chi connectivity index (χ1) is 8.05. The number of rotatable bonds is 2. The molecule has 0 aromatic heterocycles. The fourth-order valence-corrected chi connectivity index (χ4v) is 4.32. The molecular formula is C13H15NO2S. The fourth-order valence-electron chi connectivity index (χ4n) is 2.35. The zero-order chi connectivity index (χ0) is 12.5. The average molecular weight is 249 g/mol. The summed E-state index contributed by atoms with van der Waals surface area (Å²) in [7, 11) is -3.34. The highest BCUT2D eigenvalue weighted by Crippen LogP contribution is 2.34. The van der Waals surface area contributed by atoms with Crippen molar-refractivity contribution in [1.82, 2.24) is 0 Å². The molecule has 0 N–H and O–H groups in total. The Morgan fingerprint density at radius 2 is 1.88 bits per heavy atom. The second-order valence-electron chi connectivity index (χ2n) is 4.56. The topological polar surface area (TPSA) is 57.9 Å². The third-order valence-electron chi connectivity index (χ3n) is 3.37. The van der Waals surface area contributed by atoms with Crippen LogP contribution in [0.4, 0.5) is 0 Å². The van der Waals surface area contributed by atoms with Crippen molar-refractivity contribution in [3.05, 3.63) is 29.8 Å². The van der Waals surface area contributed by atoms with E-state index in [1.807, 2.05) is 6.92 Å². The molecule has 17 heavy (non-hydrogen) atoms. The maximum atomic E-state index is 12.4. The Kier molecular flexibility index (Phi) is 3.21. The van der Waals surface area contributed by atoms with Crippen LogP contribution < -0.4 is 0 Å². The summed E-state index contributed by atoms with van der Waals surface area (Å²) < 4.78 is 24.7. The van der Waals surface area contributed by atoms with Crippen molar-refractivity contribution in [1.29, 1.82) is 5.26 Å². The van der Waals surface area contributed by atoms with E-state index in [0.717, 1.165) is 12.0 Å². The molecular weight excluding hydrogens is 234 g/mol. The lowest BCUT2D eigenvalue weighted by atomic mass is 10.1. The predicted molar refractivity (Wildman–Crippen MR) is 65.1 cm³/mol. The molecule has 2 atom stereocenters. The number of aryl methyl sites for hydroxylation is 1. The highest BCUT2D eigenvalue weighted by atomic mass is 32.2. The molecule has 1 aliphatic rings. The van der Waals surface area contributed by atoms with Crippen molar-refractivity contribution < 1.29 is 8.42 Å². The van der Waals surface area contributed by atoms with Gasteiger partial charge in [0.1, 0.15) is 0 Å². The number of nitrogens with zero attached hydrogens (tertiary/aromatic N) is 1. The van der Waals surface area contributed by atoms with Crippen LogP contribution in [0.1, 0.15) is 24.8 Å². The van der Waals surface area contributed by atoms with E-state index in [4.69, 9.17) is 5.26 Å². The van der Waals surface area contributed by atoms with Gasteiger partial charge in [-0.1, -0.05) is 24.1 Å². The van der Waals surface area contributed by atoms with Gasteiger partial charge in [-0.25, -0.2) is 8.42 Å². The summed E-state index contributed by atoms with van der Waals surface area (Å²) in [4.78, 5) is 0.343. The lowest BCUT2D eigenvalue weighted by Crippen LogP contribution is -2.24. The van der Waals surface area contributed by atoms with E-state index in [9.17, 15) is 8.42 Å². The first-order valence-corrected chi connectivity index (χ1v) is 7.30. The number of benzene rings is 1. The molecule has 2 unspecified atom stereocenters. The molecule has 0 aliphatic heterocycles. The molecule has 2 rings (SSSR count). The largest absolute Gasteiger partial charge is 0.223 e. The average Bonchev–Trinajstić information content (AvgIpc) is 2.78. The van der Waals surface area contributed by atoms with Crippen molar-refractivity contribution in [3.8, 4) is 6.07 Å². The Morgan fingerprint density at radius 1 is 1.24 bits per heavy atom. The van der Waals surface area contributed by atoms with Crippen LogP contribution in [0.3, 0.4) is 0 Å². The molecule has 0 spiro atoms. The molecule has 1 aromatic rings. The molecule has 0 heterocycles. The quantitative estimate of drug-likeness (QED) is 0.809. The first kappa shape index (κ1) is 12.1. The van der Waals surface area contributed by atoms with Gasteiger partial charge in [0.25, 0.3) is 0 Å². The maximum absolute atomic E-state index is 12.4. The van der Waals surface area contributed by atoms with Gasteiger partial charge in [0.15, 0.2) is 9.84 Å². The number of nitriles is 1. The number of hydrogen-bond donors (Lipinski definition) is 0. The smallest absolute Gasteiger partial charge is 0.182 e. The Balaban J connectivity index is 2.37. The summed E-state index contributed by atoms with van der Waals surface area (Å²) in [5, 5.41) is 8.46. The molecule has 3 nitrogen and oxygen atoms in total. The van der Waals surface area contributed by atoms with Gasteiger partial charge in [-0.05, 0) is 31.9 Å². The number of sulfone groups is 1. The Morgan fingerprint density at radius 3 is 2.47 bits per heavy atom. The van der Waals surface area contributed by atoms with Gasteiger partial charge < -0.3 is 0 Å². The third kappa shape index (κ3) is 2.20. The van der Waals surface area contributed by atoms with Crippen molar-refractivity contribution >= 4 is 9.84 Å². The van der Waals surface area contributed by atoms with Gasteiger partial charge in [-0.15, -0.1) is 0 Å². The van der Waals surface area contributed by atoms with E-state index in [1.54, 1.807) is 24.3 Å². The van der Waals surface area contributed by atoms with Crippen LogP contribution in [0.5, 0.6) is 0 Å². The van der Waals surface area contributed by atoms with Crippen molar-refractivity contribution in [3.63, 3.8) is 0 Å². The monoisotopic (exact) mass is 249 g/mol. The zero-order valence-corrected chi connectivity index (χ0v) is 10.6. The van der Waals surface area contributed by atoms with Gasteiger partial charge in [0.2, 0.25) is 0 Å². The van der Waals surface area contributed by atoms with Crippen LogP contribution in [-0.4, -0.2) is 13.7 Å². The van der Waals surface area contributed by atoms with E-state index in [-0.39, 0.29) is 5.92 Å². The standard InChI is InChI=1S/C13H15NO2S/c1-10-5-7-12(8-6-10)17(15,16)13-4-2-3-11(13)9-14/h5-8,11,13H,2-4H2,1H3. The molecule has 1 aliphatic carbocycles. The van der Waals surface area contributed by atoms with E-state index >= 15 is 0 Å². The van der Waals surface area contributed by atoms with Crippen LogP contribution >= 0.6 is 0 Å². The molecule has 90 valence electrons. The molecule has 1 fully saturated rings. The molecule has 0 bridgehead atoms. The molecule has 4 heteroatoms. The van der Waals surface area contributed by atoms with Gasteiger partial charge in [0.05, 0.1) is 22.1 Å². The van der Waals surface area contributed by atoms with Crippen LogP contribution in [0.25, 0.3) is 0 Å². The fraction of sp³-hybridized carbons (Fsp3) is 0.462. The first-order valence-electron chi connectivity index (χ1n) is 5.76. The summed E-state index contributed by atoms with van der Waals surface area (Å²) in [5.41, 5.74) is 1.03. The van der Waals surface area contributed by atoms with E-state index in [1.165, 1.54) is 0 Å². The second kappa shape index (κ2) is 4.50. The minimum atomic E-state index is -3.34. The summed E-state index contributed by atoms with van der Waals surface area (Å²) in [6, 6.07) is 8.98. The minimum Gasteiger partial charge on any atom is -0.223 e. The molecule has 1 saturated carbocycles. The summed E-state index contributed by atoms with van der Waals surface area (Å²) >= 11 is 0. The minimum absolute atomic E-state index is 0.343. The molecule has 1 aromatic carbocycles. The molecule has 0 amide bonds. The highest BCUT2D eigenvalue weighted by molar-refractivity contribution is 7.92. The van der Waals surface area contributed by atoms with Gasteiger partial charge in [-0.2, -0.15) is 5.26 Å². The second-order valence-corrected chi connectivity index (χ2v) is 6.73. The molecule has 0 saturated heterocycles. The van der Waals surface area contributed by atoms with Crippen LogP contribution in [0.15, 0.2) is 29.2 Å². The van der Waals surface area contributed by atoms with E-state index < -0.39 is 15.1 Å². The SMILES string of the molecule is Cc1ccc(S(=O)(=O)C2CCCC2C#N)cc1. The highest BCUT2D eigenvalue weighted by Gasteiger charge is 2.38. The predicted octanol–water partition coefficient (Wildman–Crippen LogP) is 2.46. The molecule has 0 radical (unpaired) electrons.